The van der Waals surface area contributed by atoms with Gasteiger partial charge in [-0.1, -0.05) is 0 Å². The summed E-state index contributed by atoms with van der Waals surface area (Å²) in [5.74, 6) is -10.3. The lowest BCUT2D eigenvalue weighted by atomic mass is 10.0. The van der Waals surface area contributed by atoms with Crippen LogP contribution in [0.25, 0.3) is 0 Å². The molecule has 1 heterocycles. The molecule has 37 heteroatoms. The van der Waals surface area contributed by atoms with E-state index in [0.717, 1.165) is 12.2 Å². The molecule has 0 aromatic rings. The van der Waals surface area contributed by atoms with Gasteiger partial charge in [-0.2, -0.15) is 0 Å². The minimum Gasteiger partial charge on any atom is -0.481 e. The summed E-state index contributed by atoms with van der Waals surface area (Å²) >= 11 is 0. The number of aliphatic carboxylic acids is 1. The Bertz CT molecular complexity index is 2140. The van der Waals surface area contributed by atoms with Gasteiger partial charge in [0.15, 0.2) is 0 Å². The highest BCUT2D eigenvalue weighted by Gasteiger charge is 2.33. The van der Waals surface area contributed by atoms with Crippen LogP contribution >= 0.6 is 0 Å². The molecule has 0 saturated carbocycles. The third-order valence-electron chi connectivity index (χ3n) is 11.4. The first-order chi connectivity index (χ1) is 39.8. The molecular weight excluding hydrogens is 1140 g/mol. The Morgan fingerprint density at radius 3 is 1.26 bits per heavy atom. The van der Waals surface area contributed by atoms with Gasteiger partial charge in [0.25, 0.3) is 11.8 Å². The maximum Gasteiger partial charge on any atom is 0.303 e. The van der Waals surface area contributed by atoms with Crippen LogP contribution in [0.15, 0.2) is 12.2 Å². The number of nitrogens with one attached hydrogen (secondary N) is 9. The minimum absolute atomic E-state index is 0.0423. The van der Waals surface area contributed by atoms with Gasteiger partial charge in [0.1, 0.15) is 55.3 Å². The zero-order valence-electron chi connectivity index (χ0n) is 45.6. The van der Waals surface area contributed by atoms with Gasteiger partial charge in [-0.05, 0) is 12.8 Å². The zero-order valence-corrected chi connectivity index (χ0v) is 45.6. The molecule has 0 unspecified atom stereocenters. The molecule has 0 aromatic carbocycles. The SMILES string of the molecule is O=C(O)CC[C@H](NC(=O)CN1C(=O)C=CC1=O)C(=O)NCC(=O)NCC(=O)NCC(=O)NCC(=O)NCCOCCOCCOCCOCCC(=O)N[C@@H](CCC(=O)NC[C@H](O)[C@@H](O)[C@H](O)[C@H](O)CO)C(=O)NC[C@H](O)[C@@H](O)[C@H](O)[C@H](O)CO. The largest absolute Gasteiger partial charge is 0.481 e. The van der Waals surface area contributed by atoms with Crippen LogP contribution in [0.5, 0.6) is 0 Å². The number of hydrogen-bond acceptors (Lipinski definition) is 26. The first-order valence-corrected chi connectivity index (χ1v) is 26.0. The summed E-state index contributed by atoms with van der Waals surface area (Å²) in [7, 11) is 0. The van der Waals surface area contributed by atoms with E-state index in [-0.39, 0.29) is 72.2 Å². The predicted octanol–water partition coefficient (Wildman–Crippen LogP) is -13.3. The van der Waals surface area contributed by atoms with E-state index in [4.69, 9.17) is 34.3 Å². The van der Waals surface area contributed by atoms with Gasteiger partial charge < -0.3 is 123 Å². The van der Waals surface area contributed by atoms with Crippen molar-refractivity contribution in [3.05, 3.63) is 12.2 Å². The van der Waals surface area contributed by atoms with E-state index in [1.54, 1.807) is 0 Å². The molecule has 20 N–H and O–H groups in total. The van der Waals surface area contributed by atoms with Crippen molar-refractivity contribution in [2.45, 2.75) is 93.0 Å². The maximum absolute atomic E-state index is 13.0. The van der Waals surface area contributed by atoms with Crippen LogP contribution in [-0.2, 0) is 76.5 Å². The number of aliphatic hydroxyl groups excluding tert-OH is 10. The summed E-state index contributed by atoms with van der Waals surface area (Å²) in [6.45, 7) is -5.54. The summed E-state index contributed by atoms with van der Waals surface area (Å²) in [6.07, 6.45) is -15.4. The third kappa shape index (κ3) is 32.8. The van der Waals surface area contributed by atoms with E-state index in [9.17, 15) is 98.4 Å². The third-order valence-corrected chi connectivity index (χ3v) is 11.4. The van der Waals surface area contributed by atoms with Crippen molar-refractivity contribution in [3.63, 3.8) is 0 Å². The molecule has 0 spiro atoms. The number of rotatable bonds is 47. The zero-order chi connectivity index (χ0) is 63.1. The second kappa shape index (κ2) is 42.8. The minimum atomic E-state index is -2.02. The lowest BCUT2D eigenvalue weighted by molar-refractivity contribution is -0.141. The molecule has 0 aromatic heterocycles. The number of aliphatic hydroxyl groups is 10. The molecule has 1 rings (SSSR count). The maximum atomic E-state index is 13.0. The molecule has 11 amide bonds. The lowest BCUT2D eigenvalue weighted by Crippen LogP contribution is -2.53. The number of carboxylic acid groups (broad SMARTS) is 1. The molecule has 0 aliphatic carbocycles. The normalized spacial score (nSPS) is 15.6. The fourth-order valence-electron chi connectivity index (χ4n) is 6.59. The Morgan fingerprint density at radius 1 is 0.417 bits per heavy atom. The van der Waals surface area contributed by atoms with Gasteiger partial charge in [0, 0.05) is 51.0 Å². The van der Waals surface area contributed by atoms with E-state index >= 15 is 0 Å². The second-order valence-electron chi connectivity index (χ2n) is 18.1. The highest BCUT2D eigenvalue weighted by molar-refractivity contribution is 6.14. The molecule has 478 valence electrons. The van der Waals surface area contributed by atoms with Crippen LogP contribution in [-0.4, -0.2) is 311 Å². The number of ether oxygens (including phenoxy) is 4. The molecule has 0 saturated heterocycles. The highest BCUT2D eigenvalue weighted by Crippen LogP contribution is 2.08. The summed E-state index contributed by atoms with van der Waals surface area (Å²) < 4.78 is 21.5. The van der Waals surface area contributed by atoms with Crippen molar-refractivity contribution in [1.29, 1.82) is 0 Å². The Hall–Kier alpha value is -6.98. The summed E-state index contributed by atoms with van der Waals surface area (Å²) in [5, 5.41) is 126. The fourth-order valence-corrected chi connectivity index (χ4v) is 6.59. The molecule has 1 aliphatic rings. The number of amides is 11. The van der Waals surface area contributed by atoms with Crippen LogP contribution in [0.3, 0.4) is 0 Å². The van der Waals surface area contributed by atoms with Crippen LogP contribution in [0, 0.1) is 0 Å². The number of carbonyl (C=O) groups excluding carboxylic acids is 11. The Balaban J connectivity index is 2.27. The van der Waals surface area contributed by atoms with Crippen molar-refractivity contribution in [3.8, 4) is 0 Å². The lowest BCUT2D eigenvalue weighted by Gasteiger charge is -2.26. The average Bonchev–Trinajstić information content (AvgIpc) is 3.85. The van der Waals surface area contributed by atoms with E-state index < -0.39 is 210 Å². The average molecular weight is 1220 g/mol. The molecule has 0 radical (unpaired) electrons. The molecule has 10 atom stereocenters. The molecule has 0 bridgehead atoms. The quantitative estimate of drug-likeness (QED) is 0.0199. The van der Waals surface area contributed by atoms with E-state index in [2.05, 4.69) is 47.9 Å². The van der Waals surface area contributed by atoms with Crippen molar-refractivity contribution in [2.75, 3.05) is 118 Å². The molecular formula is C47H78N10O27. The van der Waals surface area contributed by atoms with Crippen LogP contribution < -0.4 is 47.9 Å². The summed E-state index contributed by atoms with van der Waals surface area (Å²) in [4.78, 5) is 147. The Labute approximate surface area is 479 Å². The van der Waals surface area contributed by atoms with Gasteiger partial charge in [0.2, 0.25) is 53.2 Å². The Kier molecular flexibility index (Phi) is 38.2. The van der Waals surface area contributed by atoms with Crippen LogP contribution in [0.2, 0.25) is 0 Å². The first kappa shape index (κ1) is 75.0. The van der Waals surface area contributed by atoms with E-state index in [1.165, 1.54) is 0 Å². The van der Waals surface area contributed by atoms with Gasteiger partial charge in [-0.3, -0.25) is 62.4 Å². The number of imide groups is 1. The smallest absolute Gasteiger partial charge is 0.303 e. The number of carbonyl (C=O) groups is 12. The first-order valence-electron chi connectivity index (χ1n) is 26.0. The Morgan fingerprint density at radius 2 is 0.798 bits per heavy atom. The number of nitrogens with zero attached hydrogens (tertiary/aromatic N) is 1. The van der Waals surface area contributed by atoms with Crippen LogP contribution in [0.1, 0.15) is 32.1 Å². The van der Waals surface area contributed by atoms with Gasteiger partial charge >= 0.3 is 5.97 Å². The summed E-state index contributed by atoms with van der Waals surface area (Å²) in [5.41, 5.74) is 0. The number of hydrogen-bond donors (Lipinski definition) is 20. The standard InChI is InChI=1S/C47H78N10O27/c58-24-30(62)44(77)42(75)28(60)17-49-32(64)3-1-26(46(79)53-18-29(61)43(76)45(78)31(63)25-59)55-33(65)7-9-81-11-13-83-15-16-84-14-12-82-10-8-48-34(66)19-50-35(67)20-51-36(68)21-52-37(69)22-54-47(80)27(2-6-41(73)74)56-38(70)23-57-39(71)4-5-40(57)72/h4-5,26-31,42-45,58-63,75-78H,1-3,6-25H2,(H,48,66)(H,49,64)(H,50,67)(H,51,68)(H,52,69)(H,53,79)(H,54,80)(H,55,65)(H,56,70)(H,73,74)/t26-,27-,28-,29-,30+,31+,42+,43+,44+,45+/m0/s1. The van der Waals surface area contributed by atoms with Crippen molar-refractivity contribution < 1.29 is 133 Å². The molecule has 1 aliphatic heterocycles. The molecule has 84 heavy (non-hydrogen) atoms. The van der Waals surface area contributed by atoms with Crippen molar-refractivity contribution >= 4 is 70.9 Å². The van der Waals surface area contributed by atoms with Gasteiger partial charge in [-0.15, -0.1) is 0 Å². The van der Waals surface area contributed by atoms with Gasteiger partial charge in [0.05, 0.1) is 104 Å². The van der Waals surface area contributed by atoms with E-state index in [1.807, 2.05) is 0 Å². The predicted molar refractivity (Wildman–Crippen MR) is 277 cm³/mol. The fraction of sp³-hybridized carbons (Fsp3) is 0.702. The second-order valence-corrected chi connectivity index (χ2v) is 18.1. The monoisotopic (exact) mass is 1210 g/mol. The molecule has 37 nitrogen and oxygen atoms in total. The summed E-state index contributed by atoms with van der Waals surface area (Å²) in [6, 6.07) is -2.90. The van der Waals surface area contributed by atoms with Gasteiger partial charge in [-0.25, -0.2) is 0 Å². The number of carboxylic acids is 1. The molecule has 0 fully saturated rings. The van der Waals surface area contributed by atoms with Crippen molar-refractivity contribution in [2.24, 2.45) is 0 Å². The van der Waals surface area contributed by atoms with Crippen molar-refractivity contribution in [1.82, 2.24) is 52.8 Å². The van der Waals surface area contributed by atoms with E-state index in [0.29, 0.717) is 4.90 Å². The highest BCUT2D eigenvalue weighted by atomic mass is 16.6. The van der Waals surface area contributed by atoms with Crippen LogP contribution in [0.4, 0.5) is 0 Å². The topological polar surface area (TPSA) is 576 Å².